The quantitative estimate of drug-likeness (QED) is 0.415. The summed E-state index contributed by atoms with van der Waals surface area (Å²) in [6, 6.07) is 0. The Hall–Kier alpha value is -1.50. The number of Topliss-reactive ketones (excluding diaryl/α,β-unsaturated/α-hetero) is 1. The zero-order chi connectivity index (χ0) is 26.1. The molecule has 0 amide bonds. The van der Waals surface area contributed by atoms with Crippen LogP contribution in [0.2, 0.25) is 0 Å². The van der Waals surface area contributed by atoms with Crippen molar-refractivity contribution in [3.8, 4) is 0 Å². The third kappa shape index (κ3) is 3.95. The number of aliphatic hydroxyl groups is 3. The number of carbonyl (C=O) groups is 2. The predicted molar refractivity (Wildman–Crippen MR) is 133 cm³/mol. The van der Waals surface area contributed by atoms with Crippen molar-refractivity contribution in [2.24, 2.45) is 40.4 Å². The van der Waals surface area contributed by atoms with Crippen molar-refractivity contribution in [1.82, 2.24) is 0 Å². The first kappa shape index (κ1) is 26.6. The lowest BCUT2D eigenvalue weighted by molar-refractivity contribution is -0.174. The zero-order valence-electron chi connectivity index (χ0n) is 22.0. The van der Waals surface area contributed by atoms with Crippen molar-refractivity contribution in [3.05, 3.63) is 23.3 Å². The van der Waals surface area contributed by atoms with Gasteiger partial charge >= 0.3 is 5.97 Å². The van der Waals surface area contributed by atoms with Gasteiger partial charge in [-0.2, -0.15) is 0 Å². The maximum atomic E-state index is 13.9. The highest BCUT2D eigenvalue weighted by Gasteiger charge is 2.63. The molecule has 0 aromatic heterocycles. The Morgan fingerprint density at radius 2 is 1.80 bits per heavy atom. The molecule has 10 atom stereocenters. The van der Waals surface area contributed by atoms with Gasteiger partial charge in [-0.1, -0.05) is 32.9 Å². The molecule has 0 aromatic rings. The van der Waals surface area contributed by atoms with Crippen LogP contribution in [-0.4, -0.2) is 50.0 Å². The smallest absolute Gasteiger partial charge is 0.310 e. The summed E-state index contributed by atoms with van der Waals surface area (Å²) in [4.78, 5) is 25.2. The van der Waals surface area contributed by atoms with Crippen molar-refractivity contribution in [3.63, 3.8) is 0 Å². The molecular formula is C29H44O6. The average Bonchev–Trinajstić information content (AvgIpc) is 3.12. The largest absolute Gasteiger partial charge is 0.481 e. The number of hydrogen-bond acceptors (Lipinski definition) is 5. The molecule has 35 heavy (non-hydrogen) atoms. The van der Waals surface area contributed by atoms with Crippen molar-refractivity contribution >= 4 is 11.8 Å². The van der Waals surface area contributed by atoms with Gasteiger partial charge in [0.1, 0.15) is 0 Å². The molecule has 4 N–H and O–H groups in total. The topological polar surface area (TPSA) is 115 Å². The van der Waals surface area contributed by atoms with Crippen LogP contribution in [0.3, 0.4) is 0 Å². The lowest BCUT2D eigenvalue weighted by Crippen LogP contribution is -2.61. The average molecular weight is 489 g/mol. The zero-order valence-corrected chi connectivity index (χ0v) is 22.0. The molecule has 196 valence electrons. The molecule has 0 aliphatic heterocycles. The molecule has 0 heterocycles. The van der Waals surface area contributed by atoms with Crippen molar-refractivity contribution in [2.45, 2.75) is 104 Å². The van der Waals surface area contributed by atoms with Gasteiger partial charge in [-0.3, -0.25) is 9.59 Å². The van der Waals surface area contributed by atoms with Gasteiger partial charge in [0.2, 0.25) is 0 Å². The molecule has 2 saturated carbocycles. The van der Waals surface area contributed by atoms with Gasteiger partial charge in [0.25, 0.3) is 0 Å². The van der Waals surface area contributed by atoms with Crippen LogP contribution >= 0.6 is 0 Å². The van der Waals surface area contributed by atoms with Crippen molar-refractivity contribution in [2.75, 3.05) is 0 Å². The minimum absolute atomic E-state index is 0.0974. The molecule has 3 unspecified atom stereocenters. The van der Waals surface area contributed by atoms with Gasteiger partial charge in [0.15, 0.2) is 5.78 Å². The molecule has 4 rings (SSSR count). The summed E-state index contributed by atoms with van der Waals surface area (Å²) in [5, 5.41) is 42.4. The summed E-state index contributed by atoms with van der Waals surface area (Å²) in [6.07, 6.45) is 3.68. The second-order valence-corrected chi connectivity index (χ2v) is 12.9. The molecule has 4 aliphatic rings. The number of ketones is 1. The third-order valence-corrected chi connectivity index (χ3v) is 11.0. The summed E-state index contributed by atoms with van der Waals surface area (Å²) < 4.78 is 0. The van der Waals surface area contributed by atoms with Gasteiger partial charge in [-0.15, -0.1) is 0 Å². The predicted octanol–water partition coefficient (Wildman–Crippen LogP) is 4.27. The van der Waals surface area contributed by atoms with E-state index in [4.69, 9.17) is 0 Å². The normalized spacial score (nSPS) is 44.8. The van der Waals surface area contributed by atoms with Gasteiger partial charge in [-0.05, 0) is 87.5 Å². The maximum absolute atomic E-state index is 13.9. The van der Waals surface area contributed by atoms with Crippen LogP contribution in [0.5, 0.6) is 0 Å². The van der Waals surface area contributed by atoms with Crippen molar-refractivity contribution in [1.29, 1.82) is 0 Å². The Balaban J connectivity index is 1.62. The Labute approximate surface area is 209 Å². The van der Waals surface area contributed by atoms with E-state index in [2.05, 4.69) is 27.4 Å². The van der Waals surface area contributed by atoms with Crippen molar-refractivity contribution < 1.29 is 30.0 Å². The van der Waals surface area contributed by atoms with Gasteiger partial charge in [0.05, 0.1) is 23.7 Å². The summed E-state index contributed by atoms with van der Waals surface area (Å²) in [7, 11) is 0. The maximum Gasteiger partial charge on any atom is 0.310 e. The number of hydrogen-bond donors (Lipinski definition) is 4. The number of aliphatic hydroxyl groups excluding tert-OH is 2. The number of aliphatic carboxylic acids is 1. The number of carbonyl (C=O) groups excluding carboxylic acids is 1. The van der Waals surface area contributed by atoms with Crippen LogP contribution in [0.4, 0.5) is 0 Å². The fourth-order valence-electron chi connectivity index (χ4n) is 8.71. The van der Waals surface area contributed by atoms with E-state index in [1.807, 2.05) is 0 Å². The molecule has 4 aliphatic carbocycles. The van der Waals surface area contributed by atoms with Crippen LogP contribution in [0.1, 0.15) is 86.0 Å². The summed E-state index contributed by atoms with van der Waals surface area (Å²) >= 11 is 0. The lowest BCUT2D eigenvalue weighted by Gasteiger charge is -2.59. The molecule has 0 aromatic carbocycles. The van der Waals surface area contributed by atoms with Crippen LogP contribution in [-0.2, 0) is 9.59 Å². The molecule has 6 nitrogen and oxygen atoms in total. The van der Waals surface area contributed by atoms with Crippen LogP contribution < -0.4 is 0 Å². The van der Waals surface area contributed by atoms with E-state index < -0.39 is 35.1 Å². The van der Waals surface area contributed by atoms with Gasteiger partial charge in [-0.25, -0.2) is 0 Å². The first-order chi connectivity index (χ1) is 16.2. The lowest BCUT2D eigenvalue weighted by atomic mass is 9.47. The molecular weight excluding hydrogens is 444 g/mol. The van der Waals surface area contributed by atoms with E-state index >= 15 is 0 Å². The second-order valence-electron chi connectivity index (χ2n) is 12.9. The second kappa shape index (κ2) is 8.81. The minimum atomic E-state index is -1.34. The standard InChI is InChI=1S/C29H44O6/c1-15(17(3)26(33)34)7-8-16(2)18-9-10-19-24-20(30)13-22-27(4,12-11-23(32)29(22,6)35)25(24)21(31)14-28(18,19)5/h16-20,22-23,30,32,35H,1,7-14H2,2-6H3,(H,33,34)/t16-,17+,18?,19+,20?,22-,23?,27+,28-,29-/m1/s1. The van der Waals surface area contributed by atoms with Gasteiger partial charge in [0, 0.05) is 23.3 Å². The van der Waals surface area contributed by atoms with E-state index in [-0.39, 0.29) is 23.0 Å². The SMILES string of the molecule is C=C(CC[C@@H](C)C1CC[C@H]2C3=C(C(=O)C[C@]12C)[C@@]1(C)CCC(O)[C@](C)(O)[C@@H]1CC3O)[C@H](C)C(=O)O. The molecule has 0 spiro atoms. The summed E-state index contributed by atoms with van der Waals surface area (Å²) in [5.74, 6) is -0.914. The molecule has 2 fully saturated rings. The van der Waals surface area contributed by atoms with E-state index in [9.17, 15) is 30.0 Å². The minimum Gasteiger partial charge on any atom is -0.481 e. The molecule has 0 bridgehead atoms. The fourth-order valence-corrected chi connectivity index (χ4v) is 8.71. The molecule has 0 saturated heterocycles. The highest BCUT2D eigenvalue weighted by atomic mass is 16.4. The van der Waals surface area contributed by atoms with E-state index in [1.165, 1.54) is 0 Å². The third-order valence-electron chi connectivity index (χ3n) is 11.0. The Morgan fingerprint density at radius 3 is 2.43 bits per heavy atom. The number of carboxylic acids is 1. The van der Waals surface area contributed by atoms with E-state index in [0.29, 0.717) is 43.9 Å². The Morgan fingerprint density at radius 1 is 1.14 bits per heavy atom. The highest BCUT2D eigenvalue weighted by Crippen LogP contribution is 2.66. The highest BCUT2D eigenvalue weighted by molar-refractivity contribution is 5.99. The van der Waals surface area contributed by atoms with E-state index in [1.54, 1.807) is 13.8 Å². The summed E-state index contributed by atoms with van der Waals surface area (Å²) in [6.45, 7) is 13.8. The van der Waals surface area contributed by atoms with Gasteiger partial charge < -0.3 is 20.4 Å². The number of rotatable bonds is 6. The van der Waals surface area contributed by atoms with Crippen LogP contribution in [0, 0.1) is 40.4 Å². The fraction of sp³-hybridized carbons (Fsp3) is 0.793. The molecule has 0 radical (unpaired) electrons. The number of carboxylic acid groups (broad SMARTS) is 1. The number of fused-ring (bicyclic) bond motifs is 4. The first-order valence-electron chi connectivity index (χ1n) is 13.4. The molecule has 6 heteroatoms. The van der Waals surface area contributed by atoms with E-state index in [0.717, 1.165) is 36.0 Å². The van der Waals surface area contributed by atoms with Crippen LogP contribution in [0.25, 0.3) is 0 Å². The number of allylic oxidation sites excluding steroid dienone is 1. The van der Waals surface area contributed by atoms with Crippen LogP contribution in [0.15, 0.2) is 23.3 Å². The summed E-state index contributed by atoms with van der Waals surface area (Å²) in [5.41, 5.74) is 0.277. The monoisotopic (exact) mass is 488 g/mol. The Bertz CT molecular complexity index is 949. The Kier molecular flexibility index (Phi) is 6.69. The first-order valence-corrected chi connectivity index (χ1v) is 13.4.